The summed E-state index contributed by atoms with van der Waals surface area (Å²) in [5.74, 6) is -1.78. The summed E-state index contributed by atoms with van der Waals surface area (Å²) in [4.78, 5) is 11.7. The minimum Gasteiger partial charge on any atom is -0.391 e. The Morgan fingerprint density at radius 3 is 2.42 bits per heavy atom. The van der Waals surface area contributed by atoms with Gasteiger partial charge in [-0.15, -0.1) is 0 Å². The third-order valence-corrected chi connectivity index (χ3v) is 3.97. The molecular weight excluding hydrogens is 318 g/mol. The maximum Gasteiger partial charge on any atom is 0.246 e. The molecule has 0 saturated carbocycles. The largest absolute Gasteiger partial charge is 0.391 e. The van der Waals surface area contributed by atoms with Crippen molar-refractivity contribution < 1.29 is 23.9 Å². The predicted molar refractivity (Wildman–Crippen MR) is 86.5 cm³/mol. The van der Waals surface area contributed by atoms with Gasteiger partial charge < -0.3 is 10.8 Å². The first-order valence-corrected chi connectivity index (χ1v) is 7.93. The first-order chi connectivity index (χ1) is 11.1. The molecule has 0 aromatic heterocycles. The number of amides is 1. The topological polar surface area (TPSA) is 95.6 Å². The van der Waals surface area contributed by atoms with E-state index in [2.05, 4.69) is 0 Å². The van der Waals surface area contributed by atoms with Crippen molar-refractivity contribution in [2.24, 2.45) is 11.7 Å². The van der Waals surface area contributed by atoms with E-state index in [0.29, 0.717) is 6.42 Å². The molecule has 0 aliphatic carbocycles. The van der Waals surface area contributed by atoms with Crippen LogP contribution in [0.5, 0.6) is 0 Å². The molecule has 0 fully saturated rings. The highest BCUT2D eigenvalue weighted by atomic mass is 19.1. The first kappa shape index (κ1) is 20.5. The van der Waals surface area contributed by atoms with Crippen molar-refractivity contribution in [3.8, 4) is 0 Å². The maximum atomic E-state index is 13.6. The summed E-state index contributed by atoms with van der Waals surface area (Å²) in [6, 6.07) is 5.10. The van der Waals surface area contributed by atoms with Gasteiger partial charge in [0.25, 0.3) is 0 Å². The van der Waals surface area contributed by atoms with Crippen molar-refractivity contribution in [3.05, 3.63) is 35.6 Å². The first-order valence-electron chi connectivity index (χ1n) is 7.93. The highest BCUT2D eigenvalue weighted by molar-refractivity contribution is 5.77. The Bertz CT molecular complexity index is 518. The van der Waals surface area contributed by atoms with Crippen LogP contribution in [0.25, 0.3) is 0 Å². The van der Waals surface area contributed by atoms with Crippen LogP contribution in [0.4, 0.5) is 8.78 Å². The van der Waals surface area contributed by atoms with Gasteiger partial charge in [-0.3, -0.25) is 10.0 Å². The number of aliphatic hydroxyl groups excluding tert-OH is 1. The standard InChI is InChI=1S/C17H26F2N2O3/c1-17(2,19)8-7-12(16(23)21-24)10-15(22)14(20)9-11-3-5-13(18)6-4-11/h3-6,12,14-15,22,24H,7-10,20H2,1-2H3,(H,21,23). The number of hydroxylamine groups is 1. The Hall–Kier alpha value is -1.57. The number of carbonyl (C=O) groups is 1. The van der Waals surface area contributed by atoms with Gasteiger partial charge in [0, 0.05) is 12.0 Å². The number of rotatable bonds is 9. The van der Waals surface area contributed by atoms with Crippen LogP contribution in [0.15, 0.2) is 24.3 Å². The number of carbonyl (C=O) groups excluding carboxylic acids is 1. The molecule has 24 heavy (non-hydrogen) atoms. The number of aliphatic hydroxyl groups is 1. The smallest absolute Gasteiger partial charge is 0.246 e. The fourth-order valence-corrected chi connectivity index (χ4v) is 2.46. The zero-order valence-electron chi connectivity index (χ0n) is 14.0. The van der Waals surface area contributed by atoms with Gasteiger partial charge in [0.1, 0.15) is 11.5 Å². The third kappa shape index (κ3) is 7.33. The van der Waals surface area contributed by atoms with Crippen LogP contribution >= 0.6 is 0 Å². The van der Waals surface area contributed by atoms with Crippen molar-refractivity contribution in [2.75, 3.05) is 0 Å². The lowest BCUT2D eigenvalue weighted by Gasteiger charge is -2.25. The van der Waals surface area contributed by atoms with E-state index in [0.717, 1.165) is 5.56 Å². The number of nitrogens with two attached hydrogens (primary N) is 1. The van der Waals surface area contributed by atoms with Crippen molar-refractivity contribution >= 4 is 5.91 Å². The van der Waals surface area contributed by atoms with Gasteiger partial charge in [-0.1, -0.05) is 12.1 Å². The monoisotopic (exact) mass is 344 g/mol. The summed E-state index contributed by atoms with van der Waals surface area (Å²) in [6.45, 7) is 2.80. The molecule has 0 saturated heterocycles. The molecule has 7 heteroatoms. The molecule has 0 radical (unpaired) electrons. The Morgan fingerprint density at radius 2 is 1.92 bits per heavy atom. The molecule has 0 bridgehead atoms. The Kier molecular flexibility index (Phi) is 7.72. The van der Waals surface area contributed by atoms with Crippen molar-refractivity contribution in [3.63, 3.8) is 0 Å². The zero-order valence-corrected chi connectivity index (χ0v) is 14.0. The second kappa shape index (κ2) is 9.05. The summed E-state index contributed by atoms with van der Waals surface area (Å²) in [6.07, 6.45) is -0.407. The molecule has 5 nitrogen and oxygen atoms in total. The molecule has 0 spiro atoms. The average molecular weight is 344 g/mol. The highest BCUT2D eigenvalue weighted by Gasteiger charge is 2.28. The van der Waals surface area contributed by atoms with Gasteiger partial charge in [0.05, 0.1) is 6.10 Å². The summed E-state index contributed by atoms with van der Waals surface area (Å²) in [5.41, 5.74) is 6.80. The molecule has 1 amide bonds. The molecule has 1 aromatic carbocycles. The van der Waals surface area contributed by atoms with Gasteiger partial charge in [-0.05, 0) is 57.2 Å². The molecule has 0 aliphatic rings. The summed E-state index contributed by atoms with van der Waals surface area (Å²) in [7, 11) is 0. The number of benzene rings is 1. The molecule has 3 atom stereocenters. The third-order valence-electron chi connectivity index (χ3n) is 3.97. The van der Waals surface area contributed by atoms with Gasteiger partial charge in [-0.2, -0.15) is 0 Å². The van der Waals surface area contributed by atoms with Crippen molar-refractivity contribution in [2.45, 2.75) is 57.3 Å². The zero-order chi connectivity index (χ0) is 18.3. The number of hydrogen-bond donors (Lipinski definition) is 4. The maximum absolute atomic E-state index is 13.6. The predicted octanol–water partition coefficient (Wildman–Crippen LogP) is 2.10. The van der Waals surface area contributed by atoms with E-state index in [4.69, 9.17) is 10.9 Å². The van der Waals surface area contributed by atoms with Crippen molar-refractivity contribution in [1.29, 1.82) is 0 Å². The lowest BCUT2D eigenvalue weighted by Crippen LogP contribution is -2.40. The second-order valence-electron chi connectivity index (χ2n) is 6.73. The highest BCUT2D eigenvalue weighted by Crippen LogP contribution is 2.23. The molecule has 1 aromatic rings. The summed E-state index contributed by atoms with van der Waals surface area (Å²) >= 11 is 0. The Labute approximate surface area is 140 Å². The summed E-state index contributed by atoms with van der Waals surface area (Å²) < 4.78 is 26.5. The van der Waals surface area contributed by atoms with Gasteiger partial charge in [0.15, 0.2) is 0 Å². The van der Waals surface area contributed by atoms with Crippen molar-refractivity contribution in [1.82, 2.24) is 5.48 Å². The van der Waals surface area contributed by atoms with E-state index in [1.807, 2.05) is 0 Å². The van der Waals surface area contributed by atoms with Gasteiger partial charge >= 0.3 is 0 Å². The van der Waals surface area contributed by atoms with Crippen LogP contribution in [0.1, 0.15) is 38.7 Å². The van der Waals surface area contributed by atoms with Crippen LogP contribution in [0.3, 0.4) is 0 Å². The Morgan fingerprint density at radius 1 is 1.33 bits per heavy atom. The number of hydrogen-bond acceptors (Lipinski definition) is 4. The average Bonchev–Trinajstić information content (AvgIpc) is 2.51. The number of nitrogens with one attached hydrogen (secondary N) is 1. The lowest BCUT2D eigenvalue weighted by molar-refractivity contribution is -0.135. The van der Waals surface area contributed by atoms with Crippen LogP contribution in [-0.2, 0) is 11.2 Å². The normalized spacial score (nSPS) is 15.6. The molecule has 136 valence electrons. The lowest BCUT2D eigenvalue weighted by atomic mass is 9.88. The molecule has 0 heterocycles. The molecular formula is C17H26F2N2O3. The molecule has 0 aliphatic heterocycles. The van der Waals surface area contributed by atoms with E-state index in [9.17, 15) is 18.7 Å². The SMILES string of the molecule is CC(C)(F)CCC(CC(O)C(N)Cc1ccc(F)cc1)C(=O)NO. The minimum absolute atomic E-state index is 0.00480. The fourth-order valence-electron chi connectivity index (χ4n) is 2.46. The molecule has 5 N–H and O–H groups in total. The number of halogens is 2. The quantitative estimate of drug-likeness (QED) is 0.407. The van der Waals surface area contributed by atoms with Crippen LogP contribution < -0.4 is 11.2 Å². The van der Waals surface area contributed by atoms with E-state index < -0.39 is 29.6 Å². The van der Waals surface area contributed by atoms with E-state index in [1.54, 1.807) is 17.6 Å². The van der Waals surface area contributed by atoms with E-state index in [-0.39, 0.29) is 25.1 Å². The van der Waals surface area contributed by atoms with E-state index >= 15 is 0 Å². The van der Waals surface area contributed by atoms with E-state index in [1.165, 1.54) is 26.0 Å². The molecule has 3 unspecified atom stereocenters. The number of alkyl halides is 1. The summed E-state index contributed by atoms with van der Waals surface area (Å²) in [5, 5.41) is 19.0. The van der Waals surface area contributed by atoms with Gasteiger partial charge in [-0.25, -0.2) is 14.3 Å². The second-order valence-corrected chi connectivity index (χ2v) is 6.73. The molecule has 1 rings (SSSR count). The van der Waals surface area contributed by atoms with Crippen LogP contribution in [0, 0.1) is 11.7 Å². The minimum atomic E-state index is -1.45. The van der Waals surface area contributed by atoms with Crippen LogP contribution in [-0.4, -0.2) is 34.0 Å². The van der Waals surface area contributed by atoms with Crippen LogP contribution in [0.2, 0.25) is 0 Å². The fraction of sp³-hybridized carbons (Fsp3) is 0.588. The Balaban J connectivity index is 2.63. The van der Waals surface area contributed by atoms with Gasteiger partial charge in [0.2, 0.25) is 5.91 Å².